The fourth-order valence-electron chi connectivity index (χ4n) is 2.85. The smallest absolute Gasteiger partial charge is 0.321 e. The Morgan fingerprint density at radius 3 is 2.42 bits per heavy atom. The van der Waals surface area contributed by atoms with Gasteiger partial charge in [0.2, 0.25) is 0 Å². The summed E-state index contributed by atoms with van der Waals surface area (Å²) in [7, 11) is 1.59. The molecule has 1 aromatic carbocycles. The molecule has 0 spiro atoms. The Hall–Kier alpha value is -2.57. The van der Waals surface area contributed by atoms with E-state index in [9.17, 15) is 14.4 Å². The van der Waals surface area contributed by atoms with Crippen LogP contribution >= 0.6 is 0 Å². The van der Waals surface area contributed by atoms with Gasteiger partial charge in [-0.15, -0.1) is 0 Å². The normalized spacial score (nSPS) is 15.2. The zero-order chi connectivity index (χ0) is 18.9. The van der Waals surface area contributed by atoms with E-state index in [1.165, 1.54) is 6.92 Å². The van der Waals surface area contributed by atoms with Crippen LogP contribution in [-0.2, 0) is 20.7 Å². The number of amides is 3. The summed E-state index contributed by atoms with van der Waals surface area (Å²) in [5, 5.41) is 4.97. The molecule has 2 N–H and O–H groups in total. The van der Waals surface area contributed by atoms with Gasteiger partial charge in [-0.3, -0.25) is 14.9 Å². The topological polar surface area (TPSA) is 93.7 Å². The number of aryl methyl sites for hydroxylation is 1. The third-order valence-corrected chi connectivity index (χ3v) is 4.38. The molecule has 142 valence electrons. The highest BCUT2D eigenvalue weighted by molar-refractivity contribution is 5.97. The number of benzene rings is 1. The number of methoxy groups -OCH3 is 1. The van der Waals surface area contributed by atoms with Crippen LogP contribution in [0, 0.1) is 0 Å². The fraction of sp³-hybridized carbons (Fsp3) is 0.526. The molecule has 1 atom stereocenters. The molecule has 26 heavy (non-hydrogen) atoms. The van der Waals surface area contributed by atoms with Crippen LogP contribution in [0.4, 0.5) is 4.79 Å². The summed E-state index contributed by atoms with van der Waals surface area (Å²) < 4.78 is 10.2. The second kappa shape index (κ2) is 9.79. The average Bonchev–Trinajstić information content (AvgIpc) is 3.13. The molecule has 7 heteroatoms. The number of esters is 1. The molecule has 1 saturated carbocycles. The molecule has 0 saturated heterocycles. The maximum absolute atomic E-state index is 11.9. The largest absolute Gasteiger partial charge is 0.497 e. The number of rotatable bonds is 7. The molecule has 1 fully saturated rings. The van der Waals surface area contributed by atoms with Crippen molar-refractivity contribution in [1.29, 1.82) is 0 Å². The van der Waals surface area contributed by atoms with Crippen molar-refractivity contribution in [1.82, 2.24) is 10.6 Å². The molecule has 0 radical (unpaired) electrons. The Kier molecular flexibility index (Phi) is 7.44. The molecule has 1 aromatic rings. The first-order chi connectivity index (χ1) is 12.5. The zero-order valence-electron chi connectivity index (χ0n) is 15.2. The van der Waals surface area contributed by atoms with Crippen LogP contribution in [0.5, 0.6) is 5.75 Å². The van der Waals surface area contributed by atoms with E-state index in [2.05, 4.69) is 10.6 Å². The lowest BCUT2D eigenvalue weighted by Crippen LogP contribution is -2.47. The first-order valence-corrected chi connectivity index (χ1v) is 8.91. The predicted octanol–water partition coefficient (Wildman–Crippen LogP) is 2.33. The van der Waals surface area contributed by atoms with Gasteiger partial charge < -0.3 is 14.8 Å². The van der Waals surface area contributed by atoms with E-state index in [1.54, 1.807) is 7.11 Å². The summed E-state index contributed by atoms with van der Waals surface area (Å²) in [6, 6.07) is 6.96. The Labute approximate surface area is 153 Å². The lowest BCUT2D eigenvalue weighted by atomic mass is 10.1. The quantitative estimate of drug-likeness (QED) is 0.726. The summed E-state index contributed by atoms with van der Waals surface area (Å²) in [4.78, 5) is 35.6. The van der Waals surface area contributed by atoms with Crippen molar-refractivity contribution < 1.29 is 23.9 Å². The molecule has 0 aromatic heterocycles. The van der Waals surface area contributed by atoms with E-state index in [0.29, 0.717) is 6.42 Å². The van der Waals surface area contributed by atoms with E-state index in [1.807, 2.05) is 24.3 Å². The molecule has 0 bridgehead atoms. The fourth-order valence-corrected chi connectivity index (χ4v) is 2.85. The Balaban J connectivity index is 1.69. The number of urea groups is 1. The number of carbonyl (C=O) groups is 3. The molecule has 0 aliphatic heterocycles. The zero-order valence-corrected chi connectivity index (χ0v) is 15.2. The summed E-state index contributed by atoms with van der Waals surface area (Å²) in [5.41, 5.74) is 0.968. The SMILES string of the molecule is COc1ccc(CCC(=O)O[C@@H](C)C(=O)NC(=O)NC2CCCC2)cc1. The summed E-state index contributed by atoms with van der Waals surface area (Å²) in [6.45, 7) is 1.45. The maximum Gasteiger partial charge on any atom is 0.321 e. The summed E-state index contributed by atoms with van der Waals surface area (Å²) >= 11 is 0. The monoisotopic (exact) mass is 362 g/mol. The molecule has 1 aliphatic carbocycles. The van der Waals surface area contributed by atoms with E-state index < -0.39 is 24.0 Å². The van der Waals surface area contributed by atoms with Gasteiger partial charge in [0.05, 0.1) is 7.11 Å². The molecule has 7 nitrogen and oxygen atoms in total. The van der Waals surface area contributed by atoms with Crippen LogP contribution in [-0.4, -0.2) is 37.2 Å². The van der Waals surface area contributed by atoms with E-state index in [0.717, 1.165) is 37.0 Å². The summed E-state index contributed by atoms with van der Waals surface area (Å²) in [5.74, 6) is -0.365. The van der Waals surface area contributed by atoms with Gasteiger partial charge in [-0.25, -0.2) is 4.79 Å². The second-order valence-corrected chi connectivity index (χ2v) is 6.42. The van der Waals surface area contributed by atoms with Gasteiger partial charge in [-0.1, -0.05) is 25.0 Å². The van der Waals surface area contributed by atoms with Crippen LogP contribution in [0.25, 0.3) is 0 Å². The van der Waals surface area contributed by atoms with Crippen LogP contribution in [0.3, 0.4) is 0 Å². The summed E-state index contributed by atoms with van der Waals surface area (Å²) in [6.07, 6.45) is 3.65. The van der Waals surface area contributed by atoms with Gasteiger partial charge in [-0.05, 0) is 43.9 Å². The first kappa shape index (κ1) is 19.8. The lowest BCUT2D eigenvalue weighted by molar-refractivity contribution is -0.154. The van der Waals surface area contributed by atoms with Crippen LogP contribution in [0.15, 0.2) is 24.3 Å². The average molecular weight is 362 g/mol. The van der Waals surface area contributed by atoms with Crippen molar-refractivity contribution in [2.24, 2.45) is 0 Å². The predicted molar refractivity (Wildman–Crippen MR) is 95.8 cm³/mol. The minimum Gasteiger partial charge on any atom is -0.497 e. The minimum atomic E-state index is -1.02. The van der Waals surface area contributed by atoms with Crippen molar-refractivity contribution in [2.75, 3.05) is 7.11 Å². The highest BCUT2D eigenvalue weighted by atomic mass is 16.5. The van der Waals surface area contributed by atoms with E-state index >= 15 is 0 Å². The van der Waals surface area contributed by atoms with Gasteiger partial charge in [0.1, 0.15) is 5.75 Å². The van der Waals surface area contributed by atoms with Gasteiger partial charge in [0.25, 0.3) is 5.91 Å². The Morgan fingerprint density at radius 2 is 1.81 bits per heavy atom. The number of nitrogens with one attached hydrogen (secondary N) is 2. The van der Waals surface area contributed by atoms with Crippen molar-refractivity contribution in [3.8, 4) is 5.75 Å². The lowest BCUT2D eigenvalue weighted by Gasteiger charge is -2.15. The second-order valence-electron chi connectivity index (χ2n) is 6.42. The third-order valence-electron chi connectivity index (χ3n) is 4.38. The number of carbonyl (C=O) groups excluding carboxylic acids is 3. The standard InChI is InChI=1S/C19H26N2O5/c1-13(18(23)21-19(24)20-15-5-3-4-6-15)26-17(22)12-9-14-7-10-16(25-2)11-8-14/h7-8,10-11,13,15H,3-6,9,12H2,1-2H3,(H2,20,21,23,24)/t13-/m0/s1. The molecule has 3 amide bonds. The van der Waals surface area contributed by atoms with Crippen LogP contribution in [0.1, 0.15) is 44.6 Å². The van der Waals surface area contributed by atoms with Crippen molar-refractivity contribution in [2.45, 2.75) is 57.6 Å². The van der Waals surface area contributed by atoms with E-state index in [4.69, 9.17) is 9.47 Å². The van der Waals surface area contributed by atoms with Gasteiger partial charge in [-0.2, -0.15) is 0 Å². The maximum atomic E-state index is 11.9. The minimum absolute atomic E-state index is 0.116. The van der Waals surface area contributed by atoms with E-state index in [-0.39, 0.29) is 12.5 Å². The van der Waals surface area contributed by atoms with Crippen LogP contribution < -0.4 is 15.4 Å². The Bertz CT molecular complexity index is 623. The molecular weight excluding hydrogens is 336 g/mol. The molecule has 2 rings (SSSR count). The molecule has 0 unspecified atom stereocenters. The van der Waals surface area contributed by atoms with Crippen LogP contribution in [0.2, 0.25) is 0 Å². The highest BCUT2D eigenvalue weighted by Crippen LogP contribution is 2.17. The molecule has 1 aliphatic rings. The number of hydrogen-bond acceptors (Lipinski definition) is 5. The number of imide groups is 1. The third kappa shape index (κ3) is 6.38. The molecule has 0 heterocycles. The number of ether oxygens (including phenoxy) is 2. The molecular formula is C19H26N2O5. The van der Waals surface area contributed by atoms with Gasteiger partial charge in [0.15, 0.2) is 6.10 Å². The van der Waals surface area contributed by atoms with Crippen molar-refractivity contribution in [3.63, 3.8) is 0 Å². The number of hydrogen-bond donors (Lipinski definition) is 2. The van der Waals surface area contributed by atoms with Gasteiger partial charge in [0, 0.05) is 12.5 Å². The van der Waals surface area contributed by atoms with Crippen molar-refractivity contribution in [3.05, 3.63) is 29.8 Å². The Morgan fingerprint density at radius 1 is 1.15 bits per heavy atom. The van der Waals surface area contributed by atoms with Crippen molar-refractivity contribution >= 4 is 17.9 Å². The first-order valence-electron chi connectivity index (χ1n) is 8.91. The highest BCUT2D eigenvalue weighted by Gasteiger charge is 2.22. The van der Waals surface area contributed by atoms with Gasteiger partial charge >= 0.3 is 12.0 Å².